The molecule has 0 aliphatic carbocycles. The molecule has 88 valence electrons. The zero-order chi connectivity index (χ0) is 12.0. The lowest BCUT2D eigenvalue weighted by atomic mass is 9.97. The number of ketones is 1. The lowest BCUT2D eigenvalue weighted by Crippen LogP contribution is -2.31. The molecule has 0 fully saturated rings. The summed E-state index contributed by atoms with van der Waals surface area (Å²) in [6.07, 6.45) is 1.60. The summed E-state index contributed by atoms with van der Waals surface area (Å²) < 4.78 is 0. The van der Waals surface area contributed by atoms with Crippen LogP contribution < -0.4 is 11.5 Å². The van der Waals surface area contributed by atoms with Crippen LogP contribution in [0.1, 0.15) is 30.1 Å². The third kappa shape index (κ3) is 3.76. The summed E-state index contributed by atoms with van der Waals surface area (Å²) >= 11 is 0. The Morgan fingerprint density at radius 1 is 1.25 bits per heavy atom. The summed E-state index contributed by atoms with van der Waals surface area (Å²) in [7, 11) is 0. The van der Waals surface area contributed by atoms with Crippen LogP contribution >= 0.6 is 0 Å². The molecular weight excluding hydrogens is 200 g/mol. The van der Waals surface area contributed by atoms with Gasteiger partial charge < -0.3 is 11.5 Å². The van der Waals surface area contributed by atoms with Crippen molar-refractivity contribution in [1.29, 1.82) is 0 Å². The Kier molecular flexibility index (Phi) is 5.15. The van der Waals surface area contributed by atoms with Crippen molar-refractivity contribution in [2.45, 2.75) is 25.8 Å². The van der Waals surface area contributed by atoms with Gasteiger partial charge in [-0.05, 0) is 25.3 Å². The third-order valence-corrected chi connectivity index (χ3v) is 2.77. The van der Waals surface area contributed by atoms with E-state index in [-0.39, 0.29) is 5.78 Å². The summed E-state index contributed by atoms with van der Waals surface area (Å²) in [4.78, 5) is 11.9. The van der Waals surface area contributed by atoms with E-state index in [1.807, 2.05) is 18.2 Å². The Bertz CT molecular complexity index is 324. The van der Waals surface area contributed by atoms with Crippen LogP contribution in [0.4, 0.5) is 0 Å². The second kappa shape index (κ2) is 6.40. The Hall–Kier alpha value is -1.19. The predicted molar refractivity (Wildman–Crippen MR) is 66.2 cm³/mol. The van der Waals surface area contributed by atoms with Gasteiger partial charge in [0.2, 0.25) is 0 Å². The van der Waals surface area contributed by atoms with Gasteiger partial charge in [0.1, 0.15) is 0 Å². The van der Waals surface area contributed by atoms with Gasteiger partial charge in [0, 0.05) is 5.56 Å². The number of hydrogen-bond acceptors (Lipinski definition) is 3. The quantitative estimate of drug-likeness (QED) is 0.715. The van der Waals surface area contributed by atoms with Crippen molar-refractivity contribution < 1.29 is 4.79 Å². The highest BCUT2D eigenvalue weighted by atomic mass is 16.1. The van der Waals surface area contributed by atoms with E-state index in [1.165, 1.54) is 0 Å². The number of benzene rings is 1. The fourth-order valence-corrected chi connectivity index (χ4v) is 1.53. The highest BCUT2D eigenvalue weighted by molar-refractivity contribution is 5.99. The molecule has 4 N–H and O–H groups in total. The first-order valence-corrected chi connectivity index (χ1v) is 5.70. The zero-order valence-corrected chi connectivity index (χ0v) is 9.73. The van der Waals surface area contributed by atoms with E-state index in [0.717, 1.165) is 6.42 Å². The molecule has 3 nitrogen and oxygen atoms in total. The van der Waals surface area contributed by atoms with Crippen LogP contribution in [-0.2, 0) is 0 Å². The molecule has 0 spiro atoms. The largest absolute Gasteiger partial charge is 0.330 e. The van der Waals surface area contributed by atoms with Crippen LogP contribution in [0.2, 0.25) is 0 Å². The molecule has 0 heterocycles. The minimum atomic E-state index is -0.406. The summed E-state index contributed by atoms with van der Waals surface area (Å²) in [6, 6.07) is 8.78. The summed E-state index contributed by atoms with van der Waals surface area (Å²) in [5, 5.41) is 0. The summed E-state index contributed by atoms with van der Waals surface area (Å²) in [5.74, 6) is 0.444. The smallest absolute Gasteiger partial charge is 0.179 e. The Balaban J connectivity index is 2.49. The molecule has 0 aliphatic heterocycles. The molecule has 1 aromatic rings. The monoisotopic (exact) mass is 220 g/mol. The first-order valence-electron chi connectivity index (χ1n) is 5.70. The van der Waals surface area contributed by atoms with E-state index in [2.05, 4.69) is 6.92 Å². The molecule has 0 radical (unpaired) electrons. The second-order valence-corrected chi connectivity index (χ2v) is 4.25. The number of rotatable bonds is 6. The molecule has 0 aromatic heterocycles. The van der Waals surface area contributed by atoms with Crippen molar-refractivity contribution in [3.8, 4) is 0 Å². The highest BCUT2D eigenvalue weighted by Crippen LogP contribution is 2.10. The highest BCUT2D eigenvalue weighted by Gasteiger charge is 2.15. The van der Waals surface area contributed by atoms with E-state index in [0.29, 0.717) is 24.4 Å². The Morgan fingerprint density at radius 2 is 1.88 bits per heavy atom. The minimum absolute atomic E-state index is 0.0184. The molecule has 3 heteroatoms. The van der Waals surface area contributed by atoms with Gasteiger partial charge in [0.25, 0.3) is 0 Å². The number of nitrogens with two attached hydrogens (primary N) is 2. The van der Waals surface area contributed by atoms with E-state index < -0.39 is 6.04 Å². The van der Waals surface area contributed by atoms with Gasteiger partial charge in [-0.1, -0.05) is 37.3 Å². The summed E-state index contributed by atoms with van der Waals surface area (Å²) in [5.41, 5.74) is 12.1. The number of carbonyl (C=O) groups excluding carboxylic acids is 1. The number of carbonyl (C=O) groups is 1. The molecule has 0 saturated heterocycles. The molecule has 2 atom stereocenters. The van der Waals surface area contributed by atoms with E-state index in [4.69, 9.17) is 11.5 Å². The topological polar surface area (TPSA) is 69.1 Å². The maximum atomic E-state index is 11.9. The zero-order valence-electron chi connectivity index (χ0n) is 9.73. The first-order chi connectivity index (χ1) is 7.65. The maximum absolute atomic E-state index is 11.9. The van der Waals surface area contributed by atoms with Gasteiger partial charge >= 0.3 is 0 Å². The van der Waals surface area contributed by atoms with Gasteiger partial charge in [-0.2, -0.15) is 0 Å². The van der Waals surface area contributed by atoms with Crippen LogP contribution in [0, 0.1) is 5.92 Å². The Labute approximate surface area is 96.8 Å². The fraction of sp³-hybridized carbons (Fsp3) is 0.462. The first kappa shape index (κ1) is 12.9. The molecule has 16 heavy (non-hydrogen) atoms. The molecule has 0 amide bonds. The molecule has 1 rings (SSSR count). The van der Waals surface area contributed by atoms with Crippen LogP contribution in [0.25, 0.3) is 0 Å². The van der Waals surface area contributed by atoms with Crippen molar-refractivity contribution in [3.63, 3.8) is 0 Å². The molecule has 0 aliphatic rings. The minimum Gasteiger partial charge on any atom is -0.330 e. The molecule has 1 aromatic carbocycles. The molecule has 0 bridgehead atoms. The maximum Gasteiger partial charge on any atom is 0.179 e. The third-order valence-electron chi connectivity index (χ3n) is 2.77. The molecular formula is C13H20N2O. The number of hydrogen-bond donors (Lipinski definition) is 2. The normalized spacial score (nSPS) is 14.4. The van der Waals surface area contributed by atoms with Crippen LogP contribution in [0.3, 0.4) is 0 Å². The van der Waals surface area contributed by atoms with E-state index >= 15 is 0 Å². The average molecular weight is 220 g/mol. The van der Waals surface area contributed by atoms with Crippen LogP contribution in [-0.4, -0.2) is 18.4 Å². The fourth-order valence-electron chi connectivity index (χ4n) is 1.53. The van der Waals surface area contributed by atoms with Crippen molar-refractivity contribution in [2.75, 3.05) is 6.54 Å². The van der Waals surface area contributed by atoms with Gasteiger partial charge in [-0.3, -0.25) is 4.79 Å². The van der Waals surface area contributed by atoms with Crippen molar-refractivity contribution in [2.24, 2.45) is 17.4 Å². The van der Waals surface area contributed by atoms with Crippen molar-refractivity contribution in [1.82, 2.24) is 0 Å². The number of Topliss-reactive ketones (excluding diaryl/α,β-unsaturated/α-hetero) is 1. The van der Waals surface area contributed by atoms with Crippen LogP contribution in [0.5, 0.6) is 0 Å². The lowest BCUT2D eigenvalue weighted by molar-refractivity contribution is 0.0954. The second-order valence-electron chi connectivity index (χ2n) is 4.25. The Morgan fingerprint density at radius 3 is 2.44 bits per heavy atom. The van der Waals surface area contributed by atoms with Gasteiger partial charge in [-0.15, -0.1) is 0 Å². The van der Waals surface area contributed by atoms with E-state index in [9.17, 15) is 4.79 Å². The van der Waals surface area contributed by atoms with Gasteiger partial charge in [-0.25, -0.2) is 0 Å². The SMILES string of the molecule is CC(CN)CC[C@H](N)C(=O)c1ccccc1. The van der Waals surface area contributed by atoms with E-state index in [1.54, 1.807) is 12.1 Å². The average Bonchev–Trinajstić information content (AvgIpc) is 2.35. The van der Waals surface area contributed by atoms with Crippen molar-refractivity contribution >= 4 is 5.78 Å². The summed E-state index contributed by atoms with van der Waals surface area (Å²) in [6.45, 7) is 2.71. The van der Waals surface area contributed by atoms with Crippen LogP contribution in [0.15, 0.2) is 30.3 Å². The molecule has 0 saturated carbocycles. The lowest BCUT2D eigenvalue weighted by Gasteiger charge is -2.13. The van der Waals surface area contributed by atoms with Crippen molar-refractivity contribution in [3.05, 3.63) is 35.9 Å². The van der Waals surface area contributed by atoms with Gasteiger partial charge in [0.05, 0.1) is 6.04 Å². The molecule has 1 unspecified atom stereocenters. The standard InChI is InChI=1S/C13H20N2O/c1-10(9-14)7-8-12(15)13(16)11-5-3-2-4-6-11/h2-6,10,12H,7-9,14-15H2,1H3/t10?,12-/m0/s1. The predicted octanol–water partition coefficient (Wildman–Crippen LogP) is 1.57. The van der Waals surface area contributed by atoms with Gasteiger partial charge in [0.15, 0.2) is 5.78 Å².